The van der Waals surface area contributed by atoms with Gasteiger partial charge in [0.05, 0.1) is 6.04 Å². The minimum atomic E-state index is 0.122. The number of amides is 1. The van der Waals surface area contributed by atoms with Gasteiger partial charge in [0.15, 0.2) is 0 Å². The van der Waals surface area contributed by atoms with Crippen LogP contribution in [0.1, 0.15) is 43.4 Å². The molecule has 0 aromatic carbocycles. The average molecular weight is 204 g/mol. The Labute approximate surface area is 89.9 Å². The topological polar surface area (TPSA) is 42.0 Å². The van der Waals surface area contributed by atoms with E-state index in [0.717, 1.165) is 19.3 Å². The minimum absolute atomic E-state index is 0.122. The summed E-state index contributed by atoms with van der Waals surface area (Å²) < 4.78 is 0. The Balaban J connectivity index is 2.18. The highest BCUT2D eigenvalue weighted by molar-refractivity contribution is 5.76. The second kappa shape index (κ2) is 4.43. The van der Waals surface area contributed by atoms with E-state index in [2.05, 4.69) is 16.4 Å². The van der Waals surface area contributed by atoms with Crippen molar-refractivity contribution in [1.82, 2.24) is 10.3 Å². The van der Waals surface area contributed by atoms with Gasteiger partial charge in [0, 0.05) is 18.8 Å². The van der Waals surface area contributed by atoms with E-state index < -0.39 is 0 Å². The van der Waals surface area contributed by atoms with Crippen LogP contribution in [0, 0.1) is 0 Å². The highest BCUT2D eigenvalue weighted by Gasteiger charge is 2.20. The number of rotatable bonds is 2. The summed E-state index contributed by atoms with van der Waals surface area (Å²) in [5, 5.41) is 3.05. The van der Waals surface area contributed by atoms with E-state index in [1.165, 1.54) is 11.1 Å². The molecule has 0 bridgehead atoms. The van der Waals surface area contributed by atoms with Gasteiger partial charge in [0.25, 0.3) is 0 Å². The summed E-state index contributed by atoms with van der Waals surface area (Å²) in [7, 11) is 0. The molecule has 3 heteroatoms. The maximum Gasteiger partial charge on any atom is 0.220 e. The number of hydrogen-bond acceptors (Lipinski definition) is 2. The molecule has 1 N–H and O–H groups in total. The zero-order valence-electron chi connectivity index (χ0n) is 8.99. The van der Waals surface area contributed by atoms with Crippen LogP contribution in [0.2, 0.25) is 0 Å². The molecular weight excluding hydrogens is 188 g/mol. The summed E-state index contributed by atoms with van der Waals surface area (Å²) in [6, 6.07) is 2.23. The molecule has 0 aliphatic heterocycles. The van der Waals surface area contributed by atoms with Gasteiger partial charge >= 0.3 is 0 Å². The van der Waals surface area contributed by atoms with Crippen molar-refractivity contribution in [1.29, 1.82) is 0 Å². The van der Waals surface area contributed by atoms with Crippen molar-refractivity contribution in [3.63, 3.8) is 0 Å². The summed E-state index contributed by atoms with van der Waals surface area (Å²) >= 11 is 0. The molecule has 0 radical (unpaired) electrons. The van der Waals surface area contributed by atoms with E-state index in [4.69, 9.17) is 0 Å². The first-order valence-electron chi connectivity index (χ1n) is 5.53. The predicted molar refractivity (Wildman–Crippen MR) is 58.3 cm³/mol. The number of hydrogen-bond donors (Lipinski definition) is 1. The van der Waals surface area contributed by atoms with Crippen molar-refractivity contribution in [3.8, 4) is 0 Å². The molecule has 0 fully saturated rings. The van der Waals surface area contributed by atoms with E-state index >= 15 is 0 Å². The fourth-order valence-electron chi connectivity index (χ4n) is 2.08. The van der Waals surface area contributed by atoms with Crippen LogP contribution >= 0.6 is 0 Å². The van der Waals surface area contributed by atoms with Gasteiger partial charge in [-0.25, -0.2) is 0 Å². The van der Waals surface area contributed by atoms with Crippen molar-refractivity contribution in [2.24, 2.45) is 0 Å². The first-order valence-corrected chi connectivity index (χ1v) is 5.53. The monoisotopic (exact) mass is 204 g/mol. The quantitative estimate of drug-likeness (QED) is 0.800. The van der Waals surface area contributed by atoms with Crippen molar-refractivity contribution in [2.75, 3.05) is 0 Å². The first kappa shape index (κ1) is 10.1. The van der Waals surface area contributed by atoms with Crippen LogP contribution in [-0.4, -0.2) is 10.9 Å². The van der Waals surface area contributed by atoms with Crippen molar-refractivity contribution in [3.05, 3.63) is 29.6 Å². The van der Waals surface area contributed by atoms with Crippen LogP contribution in [-0.2, 0) is 11.2 Å². The molecule has 2 rings (SSSR count). The first-order chi connectivity index (χ1) is 7.31. The number of aryl methyl sites for hydroxylation is 1. The van der Waals surface area contributed by atoms with Crippen LogP contribution in [0.5, 0.6) is 0 Å². The van der Waals surface area contributed by atoms with Gasteiger partial charge in [0.1, 0.15) is 0 Å². The maximum absolute atomic E-state index is 11.4. The Morgan fingerprint density at radius 1 is 1.67 bits per heavy atom. The molecule has 0 spiro atoms. The second-order valence-corrected chi connectivity index (χ2v) is 3.94. The molecule has 1 heterocycles. The Morgan fingerprint density at radius 2 is 2.53 bits per heavy atom. The average Bonchev–Trinajstić information content (AvgIpc) is 2.29. The molecule has 1 amide bonds. The Morgan fingerprint density at radius 3 is 3.33 bits per heavy atom. The molecule has 1 aliphatic rings. The highest BCUT2D eigenvalue weighted by atomic mass is 16.1. The van der Waals surface area contributed by atoms with E-state index in [0.29, 0.717) is 6.42 Å². The zero-order valence-corrected chi connectivity index (χ0v) is 8.99. The van der Waals surface area contributed by atoms with Crippen molar-refractivity contribution < 1.29 is 4.79 Å². The summed E-state index contributed by atoms with van der Waals surface area (Å²) in [6.45, 7) is 1.88. The second-order valence-electron chi connectivity index (χ2n) is 3.94. The lowest BCUT2D eigenvalue weighted by Gasteiger charge is -2.25. The zero-order chi connectivity index (χ0) is 10.7. The van der Waals surface area contributed by atoms with Crippen LogP contribution in [0.3, 0.4) is 0 Å². The third kappa shape index (κ3) is 2.17. The lowest BCUT2D eigenvalue weighted by molar-refractivity contribution is -0.121. The molecule has 0 saturated heterocycles. The Bertz CT molecular complexity index is 362. The molecule has 15 heavy (non-hydrogen) atoms. The molecular formula is C12H16N2O. The smallest absolute Gasteiger partial charge is 0.220 e. The molecule has 1 aromatic rings. The van der Waals surface area contributed by atoms with Gasteiger partial charge in [-0.05, 0) is 36.5 Å². The van der Waals surface area contributed by atoms with E-state index in [1.807, 2.05) is 19.3 Å². The third-order valence-electron chi connectivity index (χ3n) is 2.92. The number of carbonyl (C=O) groups excluding carboxylic acids is 1. The van der Waals surface area contributed by atoms with Crippen molar-refractivity contribution >= 4 is 5.91 Å². The van der Waals surface area contributed by atoms with Gasteiger partial charge in [-0.3, -0.25) is 9.78 Å². The SMILES string of the molecule is CCC(=O)NC1CCCc2ccncc21. The van der Waals surface area contributed by atoms with Gasteiger partial charge in [-0.2, -0.15) is 0 Å². The minimum Gasteiger partial charge on any atom is -0.349 e. The number of fused-ring (bicyclic) bond motifs is 1. The molecule has 1 aromatic heterocycles. The predicted octanol–water partition coefficient (Wildman–Crippen LogP) is 1.99. The maximum atomic E-state index is 11.4. The fraction of sp³-hybridized carbons (Fsp3) is 0.500. The summed E-state index contributed by atoms with van der Waals surface area (Å²) in [5.41, 5.74) is 2.53. The van der Waals surface area contributed by atoms with Crippen molar-refractivity contribution in [2.45, 2.75) is 38.6 Å². The molecule has 80 valence electrons. The van der Waals surface area contributed by atoms with Crippen LogP contribution in [0.15, 0.2) is 18.5 Å². The number of aromatic nitrogens is 1. The Hall–Kier alpha value is -1.38. The van der Waals surface area contributed by atoms with Gasteiger partial charge in [-0.15, -0.1) is 0 Å². The molecule has 3 nitrogen and oxygen atoms in total. The highest BCUT2D eigenvalue weighted by Crippen LogP contribution is 2.28. The largest absolute Gasteiger partial charge is 0.349 e. The van der Waals surface area contributed by atoms with Crippen LogP contribution in [0.4, 0.5) is 0 Å². The molecule has 1 unspecified atom stereocenters. The summed E-state index contributed by atoms with van der Waals surface area (Å²) in [6.07, 6.45) is 7.54. The number of nitrogens with zero attached hydrogens (tertiary/aromatic N) is 1. The van der Waals surface area contributed by atoms with Crippen LogP contribution < -0.4 is 5.32 Å². The third-order valence-corrected chi connectivity index (χ3v) is 2.92. The lowest BCUT2D eigenvalue weighted by atomic mass is 9.89. The number of carbonyl (C=O) groups is 1. The van der Waals surface area contributed by atoms with Gasteiger partial charge in [0.2, 0.25) is 5.91 Å². The Kier molecular flexibility index (Phi) is 2.99. The van der Waals surface area contributed by atoms with Crippen LogP contribution in [0.25, 0.3) is 0 Å². The standard InChI is InChI=1S/C12H16N2O/c1-2-12(15)14-11-5-3-4-9-6-7-13-8-10(9)11/h6-8,11H,2-5H2,1H3,(H,14,15). The van der Waals surface area contributed by atoms with E-state index in [-0.39, 0.29) is 11.9 Å². The molecule has 1 atom stereocenters. The number of nitrogens with one attached hydrogen (secondary N) is 1. The summed E-state index contributed by atoms with van der Waals surface area (Å²) in [5.74, 6) is 0.122. The normalized spacial score (nSPS) is 19.4. The van der Waals surface area contributed by atoms with Gasteiger partial charge in [-0.1, -0.05) is 6.92 Å². The molecule has 0 saturated carbocycles. The van der Waals surface area contributed by atoms with E-state index in [9.17, 15) is 4.79 Å². The summed E-state index contributed by atoms with van der Waals surface area (Å²) in [4.78, 5) is 15.5. The fourth-order valence-corrected chi connectivity index (χ4v) is 2.08. The molecule has 1 aliphatic carbocycles. The lowest BCUT2D eigenvalue weighted by Crippen LogP contribution is -2.30. The number of pyridine rings is 1. The van der Waals surface area contributed by atoms with E-state index in [1.54, 1.807) is 0 Å². The van der Waals surface area contributed by atoms with Gasteiger partial charge < -0.3 is 5.32 Å².